The normalized spacial score (nSPS) is 29.4. The number of likely N-dealkylation sites (tertiary alicyclic amines) is 1. The molecule has 0 aromatic rings. The van der Waals surface area contributed by atoms with Crippen molar-refractivity contribution in [3.8, 4) is 0 Å². The van der Waals surface area contributed by atoms with Crippen molar-refractivity contribution in [1.82, 2.24) is 4.90 Å². The fourth-order valence-corrected chi connectivity index (χ4v) is 2.61. The van der Waals surface area contributed by atoms with E-state index < -0.39 is 5.60 Å². The van der Waals surface area contributed by atoms with E-state index >= 15 is 0 Å². The molecule has 2 rings (SSSR count). The molecule has 2 fully saturated rings. The number of carbonyl (C=O) groups is 2. The molecule has 0 aromatic heterocycles. The van der Waals surface area contributed by atoms with Crippen molar-refractivity contribution in [2.45, 2.75) is 51.7 Å². The summed E-state index contributed by atoms with van der Waals surface area (Å²) in [6.07, 6.45) is 1.97. The van der Waals surface area contributed by atoms with E-state index in [1.807, 2.05) is 20.8 Å². The van der Waals surface area contributed by atoms with Gasteiger partial charge in [0, 0.05) is 24.9 Å². The predicted molar refractivity (Wildman–Crippen MR) is 59.1 cm³/mol. The van der Waals surface area contributed by atoms with Crippen LogP contribution in [0.3, 0.4) is 0 Å². The van der Waals surface area contributed by atoms with Crippen LogP contribution in [0.5, 0.6) is 0 Å². The van der Waals surface area contributed by atoms with Gasteiger partial charge in [-0.1, -0.05) is 0 Å². The Bertz CT molecular complexity index is 319. The molecular formula is C12H19NO3. The van der Waals surface area contributed by atoms with E-state index in [-0.39, 0.29) is 18.1 Å². The topological polar surface area (TPSA) is 46.6 Å². The highest BCUT2D eigenvalue weighted by molar-refractivity contribution is 5.85. The number of nitrogens with zero attached hydrogens (tertiary/aromatic N) is 1. The van der Waals surface area contributed by atoms with Crippen molar-refractivity contribution in [3.05, 3.63) is 0 Å². The van der Waals surface area contributed by atoms with Crippen molar-refractivity contribution >= 4 is 11.9 Å². The molecule has 1 aliphatic heterocycles. The molecule has 0 N–H and O–H groups in total. The molecule has 4 heteroatoms. The summed E-state index contributed by atoms with van der Waals surface area (Å²) in [4.78, 5) is 25.2. The van der Waals surface area contributed by atoms with E-state index in [2.05, 4.69) is 0 Å². The molecule has 1 aliphatic carbocycles. The van der Waals surface area contributed by atoms with Gasteiger partial charge in [-0.3, -0.25) is 4.79 Å². The highest BCUT2D eigenvalue weighted by Gasteiger charge is 2.45. The van der Waals surface area contributed by atoms with Crippen LogP contribution in [-0.4, -0.2) is 35.0 Å². The standard InChI is InChI=1S/C12H19NO3/c1-12(2,3)16-11(15)13-7-6-8-9(13)4-5-10(8)14/h8-9H,4-7H2,1-3H3/t8-,9-/m0/s1. The first-order valence-corrected chi connectivity index (χ1v) is 5.91. The lowest BCUT2D eigenvalue weighted by Gasteiger charge is -2.27. The highest BCUT2D eigenvalue weighted by Crippen LogP contribution is 2.36. The number of ketones is 1. The Morgan fingerprint density at radius 2 is 2.06 bits per heavy atom. The Kier molecular flexibility index (Phi) is 2.68. The van der Waals surface area contributed by atoms with E-state index in [4.69, 9.17) is 4.74 Å². The van der Waals surface area contributed by atoms with Gasteiger partial charge in [-0.2, -0.15) is 0 Å². The SMILES string of the molecule is CC(C)(C)OC(=O)N1CC[C@@H]2C(=O)CC[C@@H]21. The summed E-state index contributed by atoms with van der Waals surface area (Å²) in [6.45, 7) is 6.24. The third kappa shape index (κ3) is 2.06. The first-order valence-electron chi connectivity index (χ1n) is 5.91. The fourth-order valence-electron chi connectivity index (χ4n) is 2.61. The lowest BCUT2D eigenvalue weighted by molar-refractivity contribution is -0.120. The molecule has 1 saturated heterocycles. The first kappa shape index (κ1) is 11.4. The van der Waals surface area contributed by atoms with Crippen LogP contribution in [0, 0.1) is 5.92 Å². The maximum atomic E-state index is 11.9. The van der Waals surface area contributed by atoms with Gasteiger partial charge < -0.3 is 9.64 Å². The van der Waals surface area contributed by atoms with Crippen LogP contribution in [0.1, 0.15) is 40.0 Å². The minimum Gasteiger partial charge on any atom is -0.444 e. The summed E-state index contributed by atoms with van der Waals surface area (Å²) in [6, 6.07) is 0.0994. The summed E-state index contributed by atoms with van der Waals surface area (Å²) < 4.78 is 5.34. The number of ether oxygens (including phenoxy) is 1. The third-order valence-corrected chi connectivity index (χ3v) is 3.27. The quantitative estimate of drug-likeness (QED) is 0.633. The minimum absolute atomic E-state index is 0.0764. The summed E-state index contributed by atoms with van der Waals surface area (Å²) in [7, 11) is 0. The average Bonchev–Trinajstić information content (AvgIpc) is 2.66. The Morgan fingerprint density at radius 1 is 1.38 bits per heavy atom. The Balaban J connectivity index is 2.01. The van der Waals surface area contributed by atoms with Crippen LogP contribution in [0.25, 0.3) is 0 Å². The molecule has 2 aliphatic rings. The lowest BCUT2D eigenvalue weighted by atomic mass is 10.0. The van der Waals surface area contributed by atoms with Crippen LogP contribution < -0.4 is 0 Å². The van der Waals surface area contributed by atoms with Crippen LogP contribution in [0.2, 0.25) is 0 Å². The average molecular weight is 225 g/mol. The number of hydrogen-bond acceptors (Lipinski definition) is 3. The molecule has 4 nitrogen and oxygen atoms in total. The Hall–Kier alpha value is -1.06. The molecule has 2 atom stereocenters. The van der Waals surface area contributed by atoms with Gasteiger partial charge in [0.1, 0.15) is 11.4 Å². The molecule has 0 radical (unpaired) electrons. The highest BCUT2D eigenvalue weighted by atomic mass is 16.6. The van der Waals surface area contributed by atoms with Crippen LogP contribution in [0.4, 0.5) is 4.79 Å². The molecule has 90 valence electrons. The second-order valence-electron chi connectivity index (χ2n) is 5.64. The van der Waals surface area contributed by atoms with E-state index in [9.17, 15) is 9.59 Å². The zero-order valence-corrected chi connectivity index (χ0v) is 10.2. The molecule has 0 aromatic carbocycles. The van der Waals surface area contributed by atoms with Crippen LogP contribution >= 0.6 is 0 Å². The molecule has 0 bridgehead atoms. The van der Waals surface area contributed by atoms with Gasteiger partial charge in [0.2, 0.25) is 0 Å². The van der Waals surface area contributed by atoms with Gasteiger partial charge in [0.15, 0.2) is 0 Å². The summed E-state index contributed by atoms with van der Waals surface area (Å²) >= 11 is 0. The summed E-state index contributed by atoms with van der Waals surface area (Å²) in [5.74, 6) is 0.392. The zero-order valence-electron chi connectivity index (χ0n) is 10.2. The minimum atomic E-state index is -0.461. The fraction of sp³-hybridized carbons (Fsp3) is 0.833. The third-order valence-electron chi connectivity index (χ3n) is 3.27. The first-order chi connectivity index (χ1) is 7.38. The van der Waals surface area contributed by atoms with Crippen molar-refractivity contribution in [1.29, 1.82) is 0 Å². The zero-order chi connectivity index (χ0) is 11.9. The van der Waals surface area contributed by atoms with Crippen molar-refractivity contribution in [2.24, 2.45) is 5.92 Å². The smallest absolute Gasteiger partial charge is 0.410 e. The molecule has 1 saturated carbocycles. The molecule has 1 amide bonds. The number of rotatable bonds is 0. The number of fused-ring (bicyclic) bond motifs is 1. The molecule has 16 heavy (non-hydrogen) atoms. The number of carbonyl (C=O) groups excluding carboxylic acids is 2. The van der Waals surface area contributed by atoms with Gasteiger partial charge in [0.05, 0.1) is 0 Å². The lowest BCUT2D eigenvalue weighted by Crippen LogP contribution is -2.40. The van der Waals surface area contributed by atoms with E-state index in [0.717, 1.165) is 12.8 Å². The number of amides is 1. The van der Waals surface area contributed by atoms with Crippen molar-refractivity contribution < 1.29 is 14.3 Å². The van der Waals surface area contributed by atoms with Crippen molar-refractivity contribution in [2.75, 3.05) is 6.54 Å². The Morgan fingerprint density at radius 3 is 2.69 bits per heavy atom. The summed E-state index contributed by atoms with van der Waals surface area (Å²) in [5, 5.41) is 0. The molecular weight excluding hydrogens is 206 g/mol. The van der Waals surface area contributed by atoms with Crippen LogP contribution in [-0.2, 0) is 9.53 Å². The number of hydrogen-bond donors (Lipinski definition) is 0. The van der Waals surface area contributed by atoms with E-state index in [1.165, 1.54) is 0 Å². The predicted octanol–water partition coefficient (Wildman–Crippen LogP) is 1.97. The van der Waals surface area contributed by atoms with Gasteiger partial charge in [-0.05, 0) is 33.6 Å². The Labute approximate surface area is 95.9 Å². The molecule has 1 heterocycles. The van der Waals surface area contributed by atoms with Gasteiger partial charge in [-0.25, -0.2) is 4.79 Å². The molecule has 0 spiro atoms. The van der Waals surface area contributed by atoms with Crippen LogP contribution in [0.15, 0.2) is 0 Å². The van der Waals surface area contributed by atoms with Gasteiger partial charge in [-0.15, -0.1) is 0 Å². The summed E-state index contributed by atoms with van der Waals surface area (Å²) in [5.41, 5.74) is -0.461. The van der Waals surface area contributed by atoms with Crippen molar-refractivity contribution in [3.63, 3.8) is 0 Å². The monoisotopic (exact) mass is 225 g/mol. The van der Waals surface area contributed by atoms with E-state index in [0.29, 0.717) is 18.7 Å². The maximum Gasteiger partial charge on any atom is 0.410 e. The maximum absolute atomic E-state index is 11.9. The molecule has 0 unspecified atom stereocenters. The van der Waals surface area contributed by atoms with E-state index in [1.54, 1.807) is 4.90 Å². The second-order valence-corrected chi connectivity index (χ2v) is 5.64. The van der Waals surface area contributed by atoms with Gasteiger partial charge in [0.25, 0.3) is 0 Å². The second kappa shape index (κ2) is 3.75. The number of Topliss-reactive ketones (excluding diaryl/α,β-unsaturated/α-hetero) is 1. The van der Waals surface area contributed by atoms with Gasteiger partial charge >= 0.3 is 6.09 Å². The largest absolute Gasteiger partial charge is 0.444 e.